The number of nitrogens with zero attached hydrogens (tertiary/aromatic N) is 2. The Kier molecular flexibility index (Phi) is 3.90. The quantitative estimate of drug-likeness (QED) is 0.455. The number of nitrogens with one attached hydrogen (secondary N) is 1. The van der Waals surface area contributed by atoms with Gasteiger partial charge in [0.2, 0.25) is 0 Å². The van der Waals surface area contributed by atoms with Gasteiger partial charge in [-0.1, -0.05) is 23.7 Å². The molecule has 24 heavy (non-hydrogen) atoms. The fourth-order valence-electron chi connectivity index (χ4n) is 2.72. The SMILES string of the molecule is O=c1[nH]cnc2c1c(-c1ccc(Cl)cc1)cn2-c1ccc(I)cc1. The number of hydrogen-bond donors (Lipinski definition) is 1. The zero-order valence-corrected chi connectivity index (χ0v) is 15.2. The minimum absolute atomic E-state index is 0.158. The Morgan fingerprint density at radius 1 is 1.04 bits per heavy atom. The molecule has 0 bridgehead atoms. The van der Waals surface area contributed by atoms with Crippen molar-refractivity contribution in [3.05, 3.63) is 80.0 Å². The van der Waals surface area contributed by atoms with Crippen LogP contribution in [-0.2, 0) is 0 Å². The van der Waals surface area contributed by atoms with Crippen LogP contribution in [0.3, 0.4) is 0 Å². The molecule has 118 valence electrons. The van der Waals surface area contributed by atoms with Crippen molar-refractivity contribution in [2.75, 3.05) is 0 Å². The number of aromatic nitrogens is 3. The van der Waals surface area contributed by atoms with Crippen LogP contribution in [0.5, 0.6) is 0 Å². The van der Waals surface area contributed by atoms with Gasteiger partial charge in [-0.3, -0.25) is 4.79 Å². The van der Waals surface area contributed by atoms with Crippen LogP contribution in [0, 0.1) is 3.57 Å². The summed E-state index contributed by atoms with van der Waals surface area (Å²) in [7, 11) is 0. The monoisotopic (exact) mass is 447 g/mol. The predicted molar refractivity (Wildman–Crippen MR) is 105 cm³/mol. The topological polar surface area (TPSA) is 50.7 Å². The molecule has 4 aromatic rings. The number of rotatable bonds is 2. The molecule has 0 fully saturated rings. The Morgan fingerprint density at radius 2 is 1.75 bits per heavy atom. The van der Waals surface area contributed by atoms with Gasteiger partial charge < -0.3 is 9.55 Å². The van der Waals surface area contributed by atoms with Gasteiger partial charge in [-0.2, -0.15) is 0 Å². The highest BCUT2D eigenvalue weighted by atomic mass is 127. The molecule has 2 heterocycles. The maximum Gasteiger partial charge on any atom is 0.260 e. The highest BCUT2D eigenvalue weighted by molar-refractivity contribution is 14.1. The lowest BCUT2D eigenvalue weighted by molar-refractivity contribution is 1.07. The lowest BCUT2D eigenvalue weighted by atomic mass is 10.1. The average Bonchev–Trinajstić information content (AvgIpc) is 2.97. The van der Waals surface area contributed by atoms with Crippen molar-refractivity contribution < 1.29 is 0 Å². The van der Waals surface area contributed by atoms with E-state index in [0.717, 1.165) is 20.4 Å². The van der Waals surface area contributed by atoms with E-state index in [1.54, 1.807) is 0 Å². The van der Waals surface area contributed by atoms with E-state index in [1.807, 2.05) is 59.3 Å². The molecule has 0 aliphatic carbocycles. The van der Waals surface area contributed by atoms with Gasteiger partial charge in [-0.25, -0.2) is 4.98 Å². The second-order valence-corrected chi connectivity index (χ2v) is 7.01. The molecular weight excluding hydrogens is 437 g/mol. The minimum atomic E-state index is -0.158. The van der Waals surface area contributed by atoms with E-state index >= 15 is 0 Å². The molecule has 6 heteroatoms. The van der Waals surface area contributed by atoms with Crippen molar-refractivity contribution in [1.29, 1.82) is 0 Å². The van der Waals surface area contributed by atoms with E-state index in [2.05, 4.69) is 32.6 Å². The van der Waals surface area contributed by atoms with Gasteiger partial charge in [0.15, 0.2) is 5.65 Å². The van der Waals surface area contributed by atoms with Crippen molar-refractivity contribution in [2.45, 2.75) is 0 Å². The first-order chi connectivity index (χ1) is 11.6. The van der Waals surface area contributed by atoms with Crippen molar-refractivity contribution in [3.63, 3.8) is 0 Å². The summed E-state index contributed by atoms with van der Waals surface area (Å²) in [6.07, 6.45) is 3.37. The van der Waals surface area contributed by atoms with E-state index in [9.17, 15) is 4.79 Å². The molecule has 0 saturated carbocycles. The highest BCUT2D eigenvalue weighted by Crippen LogP contribution is 2.30. The van der Waals surface area contributed by atoms with Gasteiger partial charge >= 0.3 is 0 Å². The van der Waals surface area contributed by atoms with Gasteiger partial charge in [0.05, 0.1) is 11.7 Å². The van der Waals surface area contributed by atoms with E-state index in [0.29, 0.717) is 16.1 Å². The first-order valence-electron chi connectivity index (χ1n) is 7.24. The Morgan fingerprint density at radius 3 is 2.46 bits per heavy atom. The Labute approximate surface area is 156 Å². The van der Waals surface area contributed by atoms with Gasteiger partial charge in [0, 0.05) is 26.0 Å². The Balaban J connectivity index is 2.03. The maximum absolute atomic E-state index is 12.4. The Bertz CT molecular complexity index is 1080. The molecule has 0 amide bonds. The van der Waals surface area contributed by atoms with E-state index in [-0.39, 0.29) is 5.56 Å². The van der Waals surface area contributed by atoms with Crippen LogP contribution in [0.4, 0.5) is 0 Å². The van der Waals surface area contributed by atoms with Gasteiger partial charge in [0.1, 0.15) is 0 Å². The van der Waals surface area contributed by atoms with E-state index in [1.165, 1.54) is 6.33 Å². The molecule has 1 N–H and O–H groups in total. The summed E-state index contributed by atoms with van der Waals surface area (Å²) in [5.74, 6) is 0. The molecule has 0 atom stereocenters. The molecule has 2 aromatic heterocycles. The molecule has 0 unspecified atom stereocenters. The largest absolute Gasteiger partial charge is 0.312 e. The third-order valence-corrected chi connectivity index (χ3v) is 4.82. The smallest absolute Gasteiger partial charge is 0.260 e. The number of hydrogen-bond acceptors (Lipinski definition) is 2. The summed E-state index contributed by atoms with van der Waals surface area (Å²) in [6, 6.07) is 15.5. The van der Waals surface area contributed by atoms with E-state index < -0.39 is 0 Å². The first-order valence-corrected chi connectivity index (χ1v) is 8.70. The number of fused-ring (bicyclic) bond motifs is 1. The van der Waals surface area contributed by atoms with Crippen LogP contribution >= 0.6 is 34.2 Å². The van der Waals surface area contributed by atoms with Crippen LogP contribution < -0.4 is 5.56 Å². The second-order valence-electron chi connectivity index (χ2n) is 5.33. The average molecular weight is 448 g/mol. The summed E-state index contributed by atoms with van der Waals surface area (Å²) in [5.41, 5.74) is 3.18. The normalized spacial score (nSPS) is 11.1. The summed E-state index contributed by atoms with van der Waals surface area (Å²) in [5, 5.41) is 1.23. The summed E-state index contributed by atoms with van der Waals surface area (Å²) >= 11 is 8.24. The van der Waals surface area contributed by atoms with Crippen molar-refractivity contribution in [3.8, 4) is 16.8 Å². The molecule has 0 aliphatic rings. The van der Waals surface area contributed by atoms with Crippen LogP contribution in [0.1, 0.15) is 0 Å². The van der Waals surface area contributed by atoms with Crippen LogP contribution in [0.15, 0.2) is 65.8 Å². The lowest BCUT2D eigenvalue weighted by Gasteiger charge is -2.04. The number of benzene rings is 2. The summed E-state index contributed by atoms with van der Waals surface area (Å²) in [6.45, 7) is 0. The predicted octanol–water partition coefficient (Wildman–Crippen LogP) is 4.64. The molecule has 4 nitrogen and oxygen atoms in total. The number of aromatic amines is 1. The third kappa shape index (κ3) is 2.63. The van der Waals surface area contributed by atoms with Crippen molar-refractivity contribution in [1.82, 2.24) is 14.5 Å². The zero-order valence-electron chi connectivity index (χ0n) is 12.3. The standard InChI is InChI=1S/C18H11ClIN3O/c19-12-3-1-11(2-4-12)15-9-23(14-7-5-13(20)6-8-14)17-16(15)18(24)22-10-21-17/h1-10H,(H,21,22,24). The fraction of sp³-hybridized carbons (Fsp3) is 0. The second kappa shape index (κ2) is 6.07. The zero-order chi connectivity index (χ0) is 16.7. The fourth-order valence-corrected chi connectivity index (χ4v) is 3.20. The van der Waals surface area contributed by atoms with Gasteiger partial charge in [-0.15, -0.1) is 0 Å². The highest BCUT2D eigenvalue weighted by Gasteiger charge is 2.15. The molecule has 0 aliphatic heterocycles. The Hall–Kier alpha value is -2.12. The first kappa shape index (κ1) is 15.4. The lowest BCUT2D eigenvalue weighted by Crippen LogP contribution is -2.07. The molecule has 0 spiro atoms. The van der Waals surface area contributed by atoms with Gasteiger partial charge in [-0.05, 0) is 64.6 Å². The summed E-state index contributed by atoms with van der Waals surface area (Å²) < 4.78 is 3.08. The third-order valence-electron chi connectivity index (χ3n) is 3.85. The van der Waals surface area contributed by atoms with Crippen molar-refractivity contribution in [2.24, 2.45) is 0 Å². The maximum atomic E-state index is 12.4. The van der Waals surface area contributed by atoms with Crippen LogP contribution in [0.2, 0.25) is 5.02 Å². The number of halogens is 2. The van der Waals surface area contributed by atoms with E-state index in [4.69, 9.17) is 11.6 Å². The number of H-pyrrole nitrogens is 1. The van der Waals surface area contributed by atoms with Crippen LogP contribution in [-0.4, -0.2) is 14.5 Å². The molecular formula is C18H11ClIN3O. The van der Waals surface area contributed by atoms with Gasteiger partial charge in [0.25, 0.3) is 5.56 Å². The molecule has 0 saturated heterocycles. The summed E-state index contributed by atoms with van der Waals surface area (Å²) in [4.78, 5) is 19.4. The van der Waals surface area contributed by atoms with Crippen LogP contribution in [0.25, 0.3) is 27.8 Å². The molecule has 2 aromatic carbocycles. The van der Waals surface area contributed by atoms with Crippen molar-refractivity contribution >= 4 is 45.2 Å². The molecule has 0 radical (unpaired) electrons. The molecule has 4 rings (SSSR count). The minimum Gasteiger partial charge on any atom is -0.312 e.